The van der Waals surface area contributed by atoms with E-state index in [1.54, 1.807) is 6.20 Å². The van der Waals surface area contributed by atoms with Gasteiger partial charge in [0.05, 0.1) is 11.2 Å². The van der Waals surface area contributed by atoms with Crippen molar-refractivity contribution in [3.05, 3.63) is 41.2 Å². The zero-order valence-electron chi connectivity index (χ0n) is 14.5. The molecule has 2 unspecified atom stereocenters. The number of hydrogen-bond donors (Lipinski definition) is 3. The second-order valence-electron chi connectivity index (χ2n) is 6.92. The summed E-state index contributed by atoms with van der Waals surface area (Å²) in [5, 5.41) is 24.8. The maximum atomic E-state index is 8.41. The fraction of sp³-hybridized carbons (Fsp3) is 0.389. The summed E-state index contributed by atoms with van der Waals surface area (Å²) in [4.78, 5) is 4.48. The molecule has 3 heterocycles. The quantitative estimate of drug-likeness (QED) is 0.544. The van der Waals surface area contributed by atoms with Crippen LogP contribution < -0.4 is 0 Å². The number of thioether (sulfide) groups is 1. The molecule has 2 atom stereocenters. The van der Waals surface area contributed by atoms with Gasteiger partial charge in [0.2, 0.25) is 0 Å². The first-order valence-electron chi connectivity index (χ1n) is 8.62. The first kappa shape index (κ1) is 17.6. The van der Waals surface area contributed by atoms with Crippen molar-refractivity contribution in [1.82, 2.24) is 20.0 Å². The van der Waals surface area contributed by atoms with Gasteiger partial charge >= 0.3 is 0 Å². The van der Waals surface area contributed by atoms with Gasteiger partial charge in [-0.2, -0.15) is 5.10 Å². The Bertz CT molecular complexity index is 836. The second-order valence-corrected chi connectivity index (χ2v) is 8.33. The fourth-order valence-electron chi connectivity index (χ4n) is 3.84. The van der Waals surface area contributed by atoms with E-state index >= 15 is 0 Å². The summed E-state index contributed by atoms with van der Waals surface area (Å²) in [6.07, 6.45) is 4.75. The molecule has 2 aliphatic heterocycles. The highest BCUT2D eigenvalue weighted by molar-refractivity contribution is 8.26. The van der Waals surface area contributed by atoms with Gasteiger partial charge in [0, 0.05) is 36.5 Å². The normalized spacial score (nSPS) is 22.6. The predicted octanol–water partition coefficient (Wildman–Crippen LogP) is 3.36. The molecule has 0 spiro atoms. The van der Waals surface area contributed by atoms with Crippen LogP contribution in [0.4, 0.5) is 0 Å². The largest absolute Gasteiger partial charge is 0.349 e. The number of H-pyrrole nitrogens is 1. The van der Waals surface area contributed by atoms with Gasteiger partial charge in [0.25, 0.3) is 0 Å². The molecule has 2 aliphatic rings. The van der Waals surface area contributed by atoms with Crippen molar-refractivity contribution in [3.8, 4) is 11.1 Å². The molecule has 2 aromatic rings. The van der Waals surface area contributed by atoms with Gasteiger partial charge in [-0.05, 0) is 49.3 Å². The molecule has 26 heavy (non-hydrogen) atoms. The van der Waals surface area contributed by atoms with E-state index in [2.05, 4.69) is 27.0 Å². The number of benzene rings is 1. The van der Waals surface area contributed by atoms with Crippen LogP contribution in [0, 0.1) is 16.7 Å². The van der Waals surface area contributed by atoms with E-state index in [-0.39, 0.29) is 0 Å². The van der Waals surface area contributed by atoms with Gasteiger partial charge in [0.1, 0.15) is 5.04 Å². The molecule has 0 radical (unpaired) electrons. The number of likely N-dealkylation sites (tertiary alicyclic amines) is 2. The van der Waals surface area contributed by atoms with Crippen molar-refractivity contribution >= 4 is 33.6 Å². The zero-order chi connectivity index (χ0) is 18.3. The average molecular weight is 389 g/mol. The van der Waals surface area contributed by atoms with Crippen LogP contribution in [-0.4, -0.2) is 62.9 Å². The van der Waals surface area contributed by atoms with Gasteiger partial charge in [-0.15, -0.1) is 0 Å². The lowest BCUT2D eigenvalue weighted by Crippen LogP contribution is -2.34. The van der Waals surface area contributed by atoms with E-state index < -0.39 is 0 Å². The summed E-state index contributed by atoms with van der Waals surface area (Å²) in [5.74, 6) is 0.646. The highest BCUT2D eigenvalue weighted by atomic mass is 35.5. The highest BCUT2D eigenvalue weighted by Gasteiger charge is 2.40. The van der Waals surface area contributed by atoms with E-state index in [1.807, 2.05) is 24.4 Å². The Morgan fingerprint density at radius 2 is 2.15 bits per heavy atom. The molecular weight excluding hydrogens is 368 g/mol. The molecule has 3 N–H and O–H groups in total. The van der Waals surface area contributed by atoms with Crippen molar-refractivity contribution in [1.29, 1.82) is 10.8 Å². The van der Waals surface area contributed by atoms with Crippen LogP contribution in [0.5, 0.6) is 0 Å². The van der Waals surface area contributed by atoms with Crippen LogP contribution in [0.25, 0.3) is 11.1 Å². The van der Waals surface area contributed by atoms with Gasteiger partial charge in [-0.1, -0.05) is 23.7 Å². The summed E-state index contributed by atoms with van der Waals surface area (Å²) >= 11 is 7.58. The Hall–Kier alpha value is -1.83. The van der Waals surface area contributed by atoms with Gasteiger partial charge in [-0.3, -0.25) is 15.9 Å². The number of fused-ring (bicyclic) bond motifs is 1. The summed E-state index contributed by atoms with van der Waals surface area (Å²) in [7, 11) is 2.16. The molecule has 0 aliphatic carbocycles. The lowest BCUT2D eigenvalue weighted by molar-refractivity contribution is 0.296. The molecule has 0 amide bonds. The minimum atomic E-state index is 0.309. The molecule has 4 rings (SSSR count). The molecule has 8 heteroatoms. The third kappa shape index (κ3) is 3.26. The SMILES string of the molecule is CN1CCC2CN(C(=N)SC(=N)c3ccc(-c4cn[nH]c4)cc3Cl)CC21. The van der Waals surface area contributed by atoms with Crippen molar-refractivity contribution in [2.24, 2.45) is 5.92 Å². The molecule has 1 aromatic heterocycles. The summed E-state index contributed by atoms with van der Waals surface area (Å²) in [6, 6.07) is 6.16. The number of aromatic nitrogens is 2. The smallest absolute Gasteiger partial charge is 0.162 e. The van der Waals surface area contributed by atoms with Crippen molar-refractivity contribution in [2.75, 3.05) is 26.7 Å². The highest BCUT2D eigenvalue weighted by Crippen LogP contribution is 2.33. The maximum absolute atomic E-state index is 8.41. The molecule has 2 saturated heterocycles. The van der Waals surface area contributed by atoms with Crippen LogP contribution in [-0.2, 0) is 0 Å². The van der Waals surface area contributed by atoms with E-state index in [4.69, 9.17) is 22.4 Å². The third-order valence-electron chi connectivity index (χ3n) is 5.36. The lowest BCUT2D eigenvalue weighted by Gasteiger charge is -2.22. The maximum Gasteiger partial charge on any atom is 0.162 e. The number of rotatable bonds is 2. The Morgan fingerprint density at radius 1 is 1.31 bits per heavy atom. The Kier molecular flexibility index (Phi) is 4.77. The fourth-order valence-corrected chi connectivity index (χ4v) is 4.93. The summed E-state index contributed by atoms with van der Waals surface area (Å²) < 4.78 is 0. The van der Waals surface area contributed by atoms with E-state index in [0.29, 0.717) is 32.8 Å². The van der Waals surface area contributed by atoms with E-state index in [0.717, 1.165) is 30.8 Å². The number of aromatic amines is 1. The van der Waals surface area contributed by atoms with Crippen molar-refractivity contribution < 1.29 is 0 Å². The molecular formula is C18H21ClN6S. The summed E-state index contributed by atoms with van der Waals surface area (Å²) in [6.45, 7) is 2.95. The van der Waals surface area contributed by atoms with Crippen LogP contribution in [0.15, 0.2) is 30.6 Å². The van der Waals surface area contributed by atoms with Crippen LogP contribution in [0.1, 0.15) is 12.0 Å². The number of amidine groups is 1. The first-order chi connectivity index (χ1) is 12.5. The Morgan fingerprint density at radius 3 is 2.85 bits per heavy atom. The standard InChI is InChI=1S/C18H21ClN6S/c1-24-5-4-12-9-25(10-16(12)24)18(21)26-17(20)14-3-2-11(6-15(14)19)13-7-22-23-8-13/h2-3,6-8,12,16,20-21H,4-5,9-10H2,1H3,(H,22,23). The monoisotopic (exact) mass is 388 g/mol. The predicted molar refractivity (Wildman–Crippen MR) is 107 cm³/mol. The number of hydrogen-bond acceptors (Lipinski definition) is 5. The van der Waals surface area contributed by atoms with Crippen molar-refractivity contribution in [2.45, 2.75) is 12.5 Å². The number of likely N-dealkylation sites (N-methyl/N-ethyl adjacent to an activating group) is 1. The first-order valence-corrected chi connectivity index (χ1v) is 9.81. The lowest BCUT2D eigenvalue weighted by atomic mass is 10.1. The molecule has 0 saturated carbocycles. The topological polar surface area (TPSA) is 82.9 Å². The molecule has 1 aromatic carbocycles. The summed E-state index contributed by atoms with van der Waals surface area (Å²) in [5.41, 5.74) is 2.57. The number of nitrogens with zero attached hydrogens (tertiary/aromatic N) is 3. The zero-order valence-corrected chi connectivity index (χ0v) is 16.1. The molecule has 6 nitrogen and oxygen atoms in total. The third-order valence-corrected chi connectivity index (χ3v) is 6.54. The van der Waals surface area contributed by atoms with Gasteiger partial charge in [0.15, 0.2) is 5.17 Å². The molecule has 0 bridgehead atoms. The molecule has 2 fully saturated rings. The number of halogens is 1. The number of nitrogens with one attached hydrogen (secondary N) is 3. The second kappa shape index (κ2) is 7.06. The molecule has 136 valence electrons. The Balaban J connectivity index is 1.43. The van der Waals surface area contributed by atoms with Crippen LogP contribution >= 0.6 is 23.4 Å². The van der Waals surface area contributed by atoms with Crippen LogP contribution in [0.2, 0.25) is 5.02 Å². The Labute approximate surface area is 161 Å². The minimum Gasteiger partial charge on any atom is -0.349 e. The average Bonchev–Trinajstić information content (AvgIpc) is 3.33. The van der Waals surface area contributed by atoms with Crippen molar-refractivity contribution in [3.63, 3.8) is 0 Å². The van der Waals surface area contributed by atoms with Gasteiger partial charge in [-0.25, -0.2) is 0 Å². The van der Waals surface area contributed by atoms with E-state index in [1.165, 1.54) is 18.2 Å². The van der Waals surface area contributed by atoms with Gasteiger partial charge < -0.3 is 9.80 Å². The van der Waals surface area contributed by atoms with Crippen LogP contribution in [0.3, 0.4) is 0 Å². The van der Waals surface area contributed by atoms with E-state index in [9.17, 15) is 0 Å². The minimum absolute atomic E-state index is 0.309.